The van der Waals surface area contributed by atoms with Crippen molar-refractivity contribution < 1.29 is 4.79 Å². The Labute approximate surface area is 86.6 Å². The van der Waals surface area contributed by atoms with E-state index >= 15 is 0 Å². The van der Waals surface area contributed by atoms with Gasteiger partial charge in [-0.1, -0.05) is 6.92 Å². The van der Waals surface area contributed by atoms with Crippen LogP contribution in [0.5, 0.6) is 0 Å². The van der Waals surface area contributed by atoms with Crippen LogP contribution in [-0.4, -0.2) is 30.4 Å². The van der Waals surface area contributed by atoms with Crippen molar-refractivity contribution in [2.75, 3.05) is 19.6 Å². The molecule has 0 spiro atoms. The van der Waals surface area contributed by atoms with Gasteiger partial charge in [0.05, 0.1) is 0 Å². The van der Waals surface area contributed by atoms with E-state index in [1.165, 1.54) is 12.8 Å². The third kappa shape index (κ3) is 3.29. The molecular weight excluding hydrogens is 176 g/mol. The minimum Gasteiger partial charge on any atom is -0.342 e. The maximum atomic E-state index is 11.9. The van der Waals surface area contributed by atoms with Crippen LogP contribution in [0.1, 0.15) is 33.1 Å². The molecule has 0 saturated heterocycles. The van der Waals surface area contributed by atoms with E-state index in [9.17, 15) is 4.79 Å². The highest BCUT2D eigenvalue weighted by Gasteiger charge is 2.27. The van der Waals surface area contributed by atoms with Gasteiger partial charge >= 0.3 is 0 Å². The van der Waals surface area contributed by atoms with E-state index in [0.717, 1.165) is 25.4 Å². The lowest BCUT2D eigenvalue weighted by Crippen LogP contribution is -2.37. The zero-order chi connectivity index (χ0) is 10.6. The fraction of sp³-hybridized carbons (Fsp3) is 0.909. The van der Waals surface area contributed by atoms with E-state index < -0.39 is 0 Å². The largest absolute Gasteiger partial charge is 0.342 e. The lowest BCUT2D eigenvalue weighted by Gasteiger charge is -2.24. The summed E-state index contributed by atoms with van der Waals surface area (Å²) in [5.41, 5.74) is 5.45. The Hall–Kier alpha value is -0.570. The van der Waals surface area contributed by atoms with Crippen molar-refractivity contribution in [3.63, 3.8) is 0 Å². The molecule has 0 aromatic carbocycles. The van der Waals surface area contributed by atoms with Crippen LogP contribution in [0.25, 0.3) is 0 Å². The van der Waals surface area contributed by atoms with Gasteiger partial charge < -0.3 is 10.6 Å². The molecule has 1 amide bonds. The minimum atomic E-state index is 0.0960. The summed E-state index contributed by atoms with van der Waals surface area (Å²) in [7, 11) is 0. The Bertz CT molecular complexity index is 190. The highest BCUT2D eigenvalue weighted by molar-refractivity contribution is 5.78. The zero-order valence-corrected chi connectivity index (χ0v) is 9.33. The Morgan fingerprint density at radius 3 is 2.64 bits per heavy atom. The number of rotatable bonds is 6. The van der Waals surface area contributed by atoms with E-state index in [2.05, 4.69) is 6.92 Å². The van der Waals surface area contributed by atoms with Crippen molar-refractivity contribution in [2.24, 2.45) is 17.6 Å². The first-order valence-electron chi connectivity index (χ1n) is 5.67. The predicted molar refractivity (Wildman–Crippen MR) is 57.8 cm³/mol. The molecule has 2 N–H and O–H groups in total. The molecule has 1 unspecified atom stereocenters. The number of nitrogens with zero attached hydrogens (tertiary/aromatic N) is 1. The molecule has 82 valence electrons. The van der Waals surface area contributed by atoms with Gasteiger partial charge in [-0.2, -0.15) is 0 Å². The molecule has 1 saturated carbocycles. The lowest BCUT2D eigenvalue weighted by atomic mass is 10.1. The van der Waals surface area contributed by atoms with Crippen LogP contribution < -0.4 is 5.73 Å². The van der Waals surface area contributed by atoms with Gasteiger partial charge in [0.2, 0.25) is 5.91 Å². The molecule has 3 heteroatoms. The Morgan fingerprint density at radius 2 is 2.21 bits per heavy atom. The first-order chi connectivity index (χ1) is 6.69. The van der Waals surface area contributed by atoms with E-state index in [1.807, 2.05) is 11.8 Å². The molecule has 0 aliphatic heterocycles. The van der Waals surface area contributed by atoms with Crippen LogP contribution in [0.15, 0.2) is 0 Å². The summed E-state index contributed by atoms with van der Waals surface area (Å²) in [5.74, 6) is 1.16. The highest BCUT2D eigenvalue weighted by atomic mass is 16.2. The molecule has 1 fully saturated rings. The third-order valence-corrected chi connectivity index (χ3v) is 2.89. The standard InChI is InChI=1S/C11H22N2O/c1-3-13(8-10-4-5-10)11(14)9(2)6-7-12/h9-10H,3-8,12H2,1-2H3. The molecule has 0 aromatic rings. The Morgan fingerprint density at radius 1 is 1.57 bits per heavy atom. The summed E-state index contributed by atoms with van der Waals surface area (Å²) in [6.07, 6.45) is 3.41. The fourth-order valence-electron chi connectivity index (χ4n) is 1.67. The van der Waals surface area contributed by atoms with E-state index in [0.29, 0.717) is 6.54 Å². The van der Waals surface area contributed by atoms with Crippen molar-refractivity contribution in [2.45, 2.75) is 33.1 Å². The SMILES string of the molecule is CCN(CC1CC1)C(=O)C(C)CCN. The van der Waals surface area contributed by atoms with Crippen molar-refractivity contribution in [3.05, 3.63) is 0 Å². The van der Waals surface area contributed by atoms with Gasteiger partial charge in [-0.25, -0.2) is 0 Å². The molecule has 1 aliphatic rings. The minimum absolute atomic E-state index is 0.0960. The van der Waals surface area contributed by atoms with Gasteiger partial charge in [-0.15, -0.1) is 0 Å². The third-order valence-electron chi connectivity index (χ3n) is 2.89. The molecular formula is C11H22N2O. The average molecular weight is 198 g/mol. The quantitative estimate of drug-likeness (QED) is 0.697. The van der Waals surface area contributed by atoms with Crippen LogP contribution >= 0.6 is 0 Å². The fourth-order valence-corrected chi connectivity index (χ4v) is 1.67. The Kier molecular flexibility index (Phi) is 4.39. The molecule has 0 aromatic heterocycles. The van der Waals surface area contributed by atoms with E-state index in [-0.39, 0.29) is 11.8 Å². The smallest absolute Gasteiger partial charge is 0.225 e. The van der Waals surface area contributed by atoms with Gasteiger partial charge in [0, 0.05) is 19.0 Å². The molecule has 0 bridgehead atoms. The van der Waals surface area contributed by atoms with Crippen LogP contribution in [-0.2, 0) is 4.79 Å². The van der Waals surface area contributed by atoms with Gasteiger partial charge in [-0.05, 0) is 38.6 Å². The maximum absolute atomic E-state index is 11.9. The second-order valence-electron chi connectivity index (χ2n) is 4.30. The number of hydrogen-bond acceptors (Lipinski definition) is 2. The number of carbonyl (C=O) groups excluding carboxylic acids is 1. The van der Waals surface area contributed by atoms with Gasteiger partial charge in [0.25, 0.3) is 0 Å². The molecule has 1 atom stereocenters. The van der Waals surface area contributed by atoms with Crippen LogP contribution in [0.4, 0.5) is 0 Å². The van der Waals surface area contributed by atoms with Crippen LogP contribution in [0.2, 0.25) is 0 Å². The summed E-state index contributed by atoms with van der Waals surface area (Å²) in [6, 6.07) is 0. The lowest BCUT2D eigenvalue weighted by molar-refractivity contribution is -0.135. The predicted octanol–water partition coefficient (Wildman–Crippen LogP) is 1.23. The van der Waals surface area contributed by atoms with Crippen LogP contribution in [0.3, 0.4) is 0 Å². The second kappa shape index (κ2) is 5.35. The monoisotopic (exact) mass is 198 g/mol. The van der Waals surface area contributed by atoms with Crippen molar-refractivity contribution in [1.82, 2.24) is 4.90 Å². The maximum Gasteiger partial charge on any atom is 0.225 e. The van der Waals surface area contributed by atoms with Gasteiger partial charge in [0.1, 0.15) is 0 Å². The molecule has 0 heterocycles. The topological polar surface area (TPSA) is 46.3 Å². The number of hydrogen-bond donors (Lipinski definition) is 1. The molecule has 1 aliphatic carbocycles. The van der Waals surface area contributed by atoms with Crippen molar-refractivity contribution in [1.29, 1.82) is 0 Å². The molecule has 0 radical (unpaired) electrons. The van der Waals surface area contributed by atoms with E-state index in [1.54, 1.807) is 0 Å². The molecule has 14 heavy (non-hydrogen) atoms. The highest BCUT2D eigenvalue weighted by Crippen LogP contribution is 2.30. The van der Waals surface area contributed by atoms with Gasteiger partial charge in [0.15, 0.2) is 0 Å². The summed E-state index contributed by atoms with van der Waals surface area (Å²) >= 11 is 0. The van der Waals surface area contributed by atoms with Crippen molar-refractivity contribution >= 4 is 5.91 Å². The molecule has 1 rings (SSSR count). The first kappa shape index (κ1) is 11.5. The summed E-state index contributed by atoms with van der Waals surface area (Å²) < 4.78 is 0. The molecule has 3 nitrogen and oxygen atoms in total. The van der Waals surface area contributed by atoms with Crippen molar-refractivity contribution in [3.8, 4) is 0 Å². The Balaban J connectivity index is 2.36. The number of nitrogens with two attached hydrogens (primary N) is 1. The second-order valence-corrected chi connectivity index (χ2v) is 4.30. The normalized spacial score (nSPS) is 17.9. The van der Waals surface area contributed by atoms with Gasteiger partial charge in [-0.3, -0.25) is 4.79 Å². The zero-order valence-electron chi connectivity index (χ0n) is 9.33. The average Bonchev–Trinajstić information content (AvgIpc) is 2.97. The van der Waals surface area contributed by atoms with Crippen LogP contribution in [0, 0.1) is 11.8 Å². The number of amides is 1. The summed E-state index contributed by atoms with van der Waals surface area (Å²) in [6.45, 7) is 6.43. The number of carbonyl (C=O) groups is 1. The van der Waals surface area contributed by atoms with E-state index in [4.69, 9.17) is 5.73 Å². The first-order valence-corrected chi connectivity index (χ1v) is 5.67. The summed E-state index contributed by atoms with van der Waals surface area (Å²) in [5, 5.41) is 0. The summed E-state index contributed by atoms with van der Waals surface area (Å²) in [4.78, 5) is 13.9.